The number of urea groups is 1. The number of fused-ring (bicyclic) bond motifs is 6. The lowest BCUT2D eigenvalue weighted by Crippen LogP contribution is -2.59. The van der Waals surface area contributed by atoms with Crippen LogP contribution < -0.4 is 47.4 Å². The Morgan fingerprint density at radius 3 is 1.70 bits per heavy atom. The van der Waals surface area contributed by atoms with Crippen molar-refractivity contribution in [2.45, 2.75) is 153 Å². The first-order valence-corrected chi connectivity index (χ1v) is 34.2. The molecule has 5 atom stereocenters. The van der Waals surface area contributed by atoms with Gasteiger partial charge in [0.25, 0.3) is 0 Å². The van der Waals surface area contributed by atoms with Crippen molar-refractivity contribution in [2.75, 3.05) is 63.2 Å². The van der Waals surface area contributed by atoms with E-state index in [9.17, 15) is 78.3 Å². The number of anilines is 1. The maximum atomic E-state index is 13.0. The largest absolute Gasteiger partial charge is 0.481 e. The van der Waals surface area contributed by atoms with Gasteiger partial charge in [0.2, 0.25) is 41.1 Å². The van der Waals surface area contributed by atoms with Crippen molar-refractivity contribution in [1.29, 1.82) is 0 Å². The Balaban J connectivity index is 1.02. The molecule has 0 bridgehead atoms. The zero-order chi connectivity index (χ0) is 72.4. The molecule has 99 heavy (non-hydrogen) atoms. The predicted octanol–water partition coefficient (Wildman–Crippen LogP) is 4.19. The van der Waals surface area contributed by atoms with E-state index in [0.29, 0.717) is 76.5 Å². The van der Waals surface area contributed by atoms with Gasteiger partial charge in [0.1, 0.15) is 36.8 Å². The van der Waals surface area contributed by atoms with E-state index in [1.807, 2.05) is 24.3 Å². The molecular weight excluding hydrogens is 1300 g/mol. The second-order valence-electron chi connectivity index (χ2n) is 25.3. The minimum Gasteiger partial charge on any atom is -0.481 e. The smallest absolute Gasteiger partial charge is 0.326 e. The maximum Gasteiger partial charge on any atom is 0.326 e. The highest BCUT2D eigenvalue weighted by atomic mass is 32.2. The van der Waals surface area contributed by atoms with E-state index in [1.165, 1.54) is 23.4 Å². The predicted molar refractivity (Wildman–Crippen MR) is 374 cm³/mol. The summed E-state index contributed by atoms with van der Waals surface area (Å²) in [5.41, 5.74) is 6.13. The highest BCUT2D eigenvalue weighted by molar-refractivity contribution is 8.14. The zero-order valence-corrected chi connectivity index (χ0v) is 57.3. The molecule has 8 amide bonds. The van der Waals surface area contributed by atoms with Gasteiger partial charge in [-0.05, 0) is 111 Å². The molecule has 0 spiro atoms. The zero-order valence-electron chi connectivity index (χ0n) is 56.5. The molecule has 0 radical (unpaired) electrons. The molecule has 534 valence electrons. The number of rotatable bonds is 40. The molecule has 0 fully saturated rings. The quantitative estimate of drug-likeness (QED) is 0.0169. The van der Waals surface area contributed by atoms with Crippen LogP contribution in [0.1, 0.15) is 123 Å². The molecule has 0 saturated carbocycles. The third-order valence-corrected chi connectivity index (χ3v) is 18.1. The molecule has 2 aliphatic heterocycles. The molecule has 0 aliphatic carbocycles. The van der Waals surface area contributed by atoms with Gasteiger partial charge in [-0.2, -0.15) is 4.58 Å². The Morgan fingerprint density at radius 2 is 1.09 bits per heavy atom. The van der Waals surface area contributed by atoms with Crippen molar-refractivity contribution in [3.63, 3.8) is 0 Å². The fourth-order valence-corrected chi connectivity index (χ4v) is 12.7. The van der Waals surface area contributed by atoms with E-state index in [1.54, 1.807) is 0 Å². The second-order valence-corrected chi connectivity index (χ2v) is 26.4. The normalized spacial score (nSPS) is 15.6. The number of aliphatic carboxylic acids is 3. The van der Waals surface area contributed by atoms with Crippen LogP contribution in [-0.2, 0) is 58.8 Å². The van der Waals surface area contributed by atoms with Crippen LogP contribution in [0.15, 0.2) is 109 Å². The third kappa shape index (κ3) is 22.2. The van der Waals surface area contributed by atoms with E-state index in [0.717, 1.165) is 51.8 Å². The minimum atomic E-state index is -1.64. The second kappa shape index (κ2) is 38.0. The number of hydrogen-bond donors (Lipinski definition) is 14. The number of nitrogens with one attached hydrogen (secondary N) is 8. The topological polar surface area (TPSA) is 412 Å². The highest BCUT2D eigenvalue weighted by Gasteiger charge is 2.46. The van der Waals surface area contributed by atoms with Crippen molar-refractivity contribution in [1.82, 2.24) is 42.5 Å². The molecule has 27 nitrogen and oxygen atoms in total. The number of benzene rings is 4. The number of aliphatic hydroxyl groups excluding tert-OH is 3. The van der Waals surface area contributed by atoms with Crippen LogP contribution in [0.4, 0.5) is 16.2 Å². The van der Waals surface area contributed by atoms with Gasteiger partial charge in [-0.3, -0.25) is 38.4 Å². The van der Waals surface area contributed by atoms with Gasteiger partial charge in [-0.15, -0.1) is 0 Å². The number of amides is 8. The van der Waals surface area contributed by atoms with Crippen LogP contribution in [0.3, 0.4) is 0 Å². The van der Waals surface area contributed by atoms with Crippen molar-refractivity contribution >= 4 is 115 Å². The molecule has 6 rings (SSSR count). The Hall–Kier alpha value is -9.51. The summed E-state index contributed by atoms with van der Waals surface area (Å²) < 4.78 is 2.38. The Kier molecular flexibility index (Phi) is 30.1. The molecule has 2 aliphatic rings. The van der Waals surface area contributed by atoms with Gasteiger partial charge in [-0.1, -0.05) is 98.4 Å². The molecule has 14 N–H and O–H groups in total. The summed E-state index contributed by atoms with van der Waals surface area (Å²) >= 11 is 0.682. The number of carbonyl (C=O) groups is 11. The van der Waals surface area contributed by atoms with E-state index < -0.39 is 109 Å². The summed E-state index contributed by atoms with van der Waals surface area (Å²) in [4.78, 5) is 137. The van der Waals surface area contributed by atoms with Crippen molar-refractivity contribution in [3.05, 3.63) is 120 Å². The first-order valence-electron chi connectivity index (χ1n) is 33.2. The van der Waals surface area contributed by atoms with Crippen LogP contribution >= 0.6 is 11.8 Å². The standard InChI is InChI=1S/C71H92N10O17S/c1-44(85)99-43-60(88)75-52(41-83)65(92)77-53(42-84)66(93)76-51(40-82)64(91)74-37-34-59(87)73-36-17-19-39-81-55-32-29-46-21-12-14-23-48(46)63(55)71(4,5)57(81)26-9-6-8-25-56-70(2,3)62-47-22-13-11-20-45(47)28-31-54(62)80(56)38-18-7-10-27-58(86)72-35-16-15-24-49(67(94)95)78-69(98)79-50(68(96)97)30-33-61(89)90/h6,8-9,11-14,20-23,25-26,28-29,31-32,49-53,82-84H,7,10,15-19,24,27,30,33-43H2,1-5H3,(H10-,72,73,74,75,76,77,78,79,86,87,88,89,90,91,92,93,94,95,96,97,98)/p+1/t49-,50-,51+,52+,53+/m0/s1. The van der Waals surface area contributed by atoms with E-state index in [4.69, 9.17) is 5.11 Å². The molecule has 0 unspecified atom stereocenters. The summed E-state index contributed by atoms with van der Waals surface area (Å²) in [6, 6.07) is 16.7. The monoisotopic (exact) mass is 1390 g/mol. The SMILES string of the molecule is CC(=O)SCC(=O)N[C@H](CO)C(=O)N[C@H](CO)C(=O)N[C@H](CO)C(=O)NCCC(=O)NCCCCN1/C(=C/C=C/C=C/C2=[N+](CCCCCC(=O)NCCCC[C@H](NC(=O)N[C@@H](CCC(=O)O)C(=O)O)C(=O)O)c3ccc4ccccc4c3C2(C)C)C(C)(C)c2c1ccc1ccccc21. The van der Waals surface area contributed by atoms with Crippen LogP contribution in [-0.4, -0.2) is 194 Å². The first kappa shape index (κ1) is 78.5. The number of unbranched alkanes of at least 4 members (excludes halogenated alkanes) is 4. The number of thioether (sulfide) groups is 1. The molecule has 28 heteroatoms. The van der Waals surface area contributed by atoms with Crippen LogP contribution in [0, 0.1) is 0 Å². The number of aliphatic hydroxyl groups is 3. The van der Waals surface area contributed by atoms with E-state index in [2.05, 4.69) is 159 Å². The van der Waals surface area contributed by atoms with Gasteiger partial charge < -0.3 is 78.1 Å². The summed E-state index contributed by atoms with van der Waals surface area (Å²) in [6.45, 7) is 9.37. The number of carboxylic acid groups (broad SMARTS) is 3. The van der Waals surface area contributed by atoms with Gasteiger partial charge >= 0.3 is 23.9 Å². The van der Waals surface area contributed by atoms with E-state index in [-0.39, 0.29) is 53.9 Å². The molecule has 2 heterocycles. The number of hydrogen-bond acceptors (Lipinski definition) is 16. The highest BCUT2D eigenvalue weighted by Crippen LogP contribution is 2.51. The number of carbonyl (C=O) groups excluding carboxylic acids is 8. The number of allylic oxidation sites excluding steroid dienone is 6. The summed E-state index contributed by atoms with van der Waals surface area (Å²) in [5.74, 6) is -8.49. The first-order chi connectivity index (χ1) is 47.2. The summed E-state index contributed by atoms with van der Waals surface area (Å²) in [6.07, 6.45) is 14.2. The molecule has 0 aromatic heterocycles. The summed E-state index contributed by atoms with van der Waals surface area (Å²) in [5, 5.41) is 80.8. The Morgan fingerprint density at radius 1 is 0.525 bits per heavy atom. The van der Waals surface area contributed by atoms with Gasteiger partial charge in [0, 0.05) is 93.3 Å². The van der Waals surface area contributed by atoms with Gasteiger partial charge in [0.15, 0.2) is 10.8 Å². The molecular formula is C71H93N10O17S+. The fraction of sp³-hybridized carbons (Fsp3) is 0.465. The average molecular weight is 1390 g/mol. The number of carboxylic acids is 3. The minimum absolute atomic E-state index is 0.0146. The molecule has 4 aromatic carbocycles. The fourth-order valence-electron chi connectivity index (χ4n) is 12.2. The van der Waals surface area contributed by atoms with Crippen molar-refractivity contribution < 1.29 is 88.0 Å². The van der Waals surface area contributed by atoms with Crippen LogP contribution in [0.2, 0.25) is 0 Å². The van der Waals surface area contributed by atoms with E-state index >= 15 is 0 Å². The lowest BCUT2D eigenvalue weighted by molar-refractivity contribution is -0.438. The maximum absolute atomic E-state index is 13.0. The van der Waals surface area contributed by atoms with Crippen LogP contribution in [0.5, 0.6) is 0 Å². The van der Waals surface area contributed by atoms with Crippen molar-refractivity contribution in [3.8, 4) is 0 Å². The summed E-state index contributed by atoms with van der Waals surface area (Å²) in [7, 11) is 0. The van der Waals surface area contributed by atoms with Gasteiger partial charge in [0.05, 0.1) is 31.0 Å². The lowest BCUT2D eigenvalue weighted by Gasteiger charge is -2.27. The number of nitrogens with zero attached hydrogens (tertiary/aromatic N) is 2. The third-order valence-electron chi connectivity index (χ3n) is 17.3. The lowest BCUT2D eigenvalue weighted by atomic mass is 9.79. The van der Waals surface area contributed by atoms with Gasteiger partial charge in [-0.25, -0.2) is 14.4 Å². The van der Waals surface area contributed by atoms with Crippen LogP contribution in [0.25, 0.3) is 21.5 Å². The molecule has 4 aromatic rings. The Bertz CT molecular complexity index is 3740. The average Bonchev–Trinajstić information content (AvgIpc) is 1.59. The van der Waals surface area contributed by atoms with Crippen molar-refractivity contribution in [2.24, 2.45) is 0 Å². The molecule has 0 saturated heterocycles. The Labute approximate surface area is 578 Å².